The van der Waals surface area contributed by atoms with Crippen molar-refractivity contribution in [3.05, 3.63) is 59.7 Å². The van der Waals surface area contributed by atoms with Crippen molar-refractivity contribution < 1.29 is 48.5 Å². The summed E-state index contributed by atoms with van der Waals surface area (Å²) < 4.78 is 11.9. The first kappa shape index (κ1) is 30.1. The standard InChI is InChI=1S/C31H32N2O10/c1-4-18(35)43-27-20-16(13-42-14-9-6-5-7-10-14)15-11-8-12-17(34)19(15)25(36)21(20)28(38)31(41)23(27)24(33(2)3)26(37)22(29(31)39)30(32)40/h5-12,16,20-24,27,34,41H,4,13H2,1-3H3,(H2,32,40). The fourth-order valence-corrected chi connectivity index (χ4v) is 7.02. The number of ketones is 4. The van der Waals surface area contributed by atoms with Gasteiger partial charge in [0.25, 0.3) is 0 Å². The molecule has 226 valence electrons. The molecule has 0 spiro atoms. The predicted molar refractivity (Wildman–Crippen MR) is 148 cm³/mol. The Bertz CT molecular complexity index is 1520. The Morgan fingerprint density at radius 3 is 2.28 bits per heavy atom. The van der Waals surface area contributed by atoms with E-state index in [1.807, 2.05) is 0 Å². The maximum absolute atomic E-state index is 14.4. The summed E-state index contributed by atoms with van der Waals surface area (Å²) in [7, 11) is 2.89. The number of hydrogen-bond acceptors (Lipinski definition) is 11. The molecule has 2 aromatic carbocycles. The molecule has 0 saturated heterocycles. The van der Waals surface area contributed by atoms with E-state index >= 15 is 0 Å². The number of amides is 1. The van der Waals surface area contributed by atoms with Gasteiger partial charge >= 0.3 is 5.97 Å². The van der Waals surface area contributed by atoms with Crippen LogP contribution in [0.25, 0.3) is 0 Å². The topological polar surface area (TPSA) is 191 Å². The van der Waals surface area contributed by atoms with E-state index in [2.05, 4.69) is 0 Å². The molecule has 3 aliphatic carbocycles. The van der Waals surface area contributed by atoms with Crippen LogP contribution < -0.4 is 10.5 Å². The zero-order valence-corrected chi connectivity index (χ0v) is 23.8. The van der Waals surface area contributed by atoms with Crippen molar-refractivity contribution in [2.24, 2.45) is 29.4 Å². The third kappa shape index (κ3) is 4.52. The number of ether oxygens (including phenoxy) is 2. The first-order chi connectivity index (χ1) is 20.4. The van der Waals surface area contributed by atoms with Crippen LogP contribution in [0.2, 0.25) is 0 Å². The summed E-state index contributed by atoms with van der Waals surface area (Å²) in [6.45, 7) is 1.35. The summed E-state index contributed by atoms with van der Waals surface area (Å²) in [5, 5.41) is 22.9. The summed E-state index contributed by atoms with van der Waals surface area (Å²) in [6, 6.07) is 11.5. The number of aliphatic hydroxyl groups is 1. The van der Waals surface area contributed by atoms with Gasteiger partial charge in [0.05, 0.1) is 30.0 Å². The van der Waals surface area contributed by atoms with Gasteiger partial charge in [-0.1, -0.05) is 37.3 Å². The van der Waals surface area contributed by atoms with Crippen molar-refractivity contribution in [2.45, 2.75) is 37.0 Å². The Balaban J connectivity index is 1.77. The fourth-order valence-electron chi connectivity index (χ4n) is 7.02. The van der Waals surface area contributed by atoms with Crippen LogP contribution in [0.5, 0.6) is 11.5 Å². The highest BCUT2D eigenvalue weighted by atomic mass is 16.5. The van der Waals surface area contributed by atoms with E-state index in [1.54, 1.807) is 36.4 Å². The molecule has 0 bridgehead atoms. The number of benzene rings is 2. The lowest BCUT2D eigenvalue weighted by molar-refractivity contribution is -0.206. The maximum atomic E-state index is 14.4. The number of phenols is 1. The van der Waals surface area contributed by atoms with Crippen molar-refractivity contribution in [1.82, 2.24) is 4.90 Å². The Hall–Kier alpha value is -4.42. The number of likely N-dealkylation sites (N-methyl/N-ethyl adjacent to an activating group) is 1. The third-order valence-electron chi connectivity index (χ3n) is 8.85. The van der Waals surface area contributed by atoms with Crippen LogP contribution in [0, 0.1) is 23.7 Å². The van der Waals surface area contributed by atoms with Crippen molar-refractivity contribution >= 4 is 35.0 Å². The van der Waals surface area contributed by atoms with Crippen LogP contribution in [0.3, 0.4) is 0 Å². The predicted octanol–water partition coefficient (Wildman–Crippen LogP) is 0.419. The van der Waals surface area contributed by atoms with Crippen molar-refractivity contribution in [1.29, 1.82) is 0 Å². The molecule has 12 nitrogen and oxygen atoms in total. The average Bonchev–Trinajstić information content (AvgIpc) is 2.96. The summed E-state index contributed by atoms with van der Waals surface area (Å²) in [6.07, 6.45) is -1.68. The fraction of sp³-hybridized carbons (Fsp3) is 0.419. The first-order valence-electron chi connectivity index (χ1n) is 13.9. The number of Topliss-reactive ketones (excluding diaryl/α,β-unsaturated/α-hetero) is 4. The Labute approximate surface area is 246 Å². The second-order valence-corrected chi connectivity index (χ2v) is 11.4. The molecular formula is C31H32N2O10. The molecule has 5 rings (SSSR count). The number of primary amides is 1. The molecule has 0 aliphatic heterocycles. The smallest absolute Gasteiger partial charge is 0.305 e. The quantitative estimate of drug-likeness (QED) is 0.298. The summed E-state index contributed by atoms with van der Waals surface area (Å²) in [5.41, 5.74) is 2.43. The molecule has 8 unspecified atom stereocenters. The zero-order valence-electron chi connectivity index (χ0n) is 23.8. The molecule has 43 heavy (non-hydrogen) atoms. The van der Waals surface area contributed by atoms with Gasteiger partial charge < -0.3 is 25.4 Å². The molecule has 0 heterocycles. The molecule has 0 aromatic heterocycles. The number of esters is 1. The molecule has 0 radical (unpaired) electrons. The van der Waals surface area contributed by atoms with E-state index in [1.165, 1.54) is 38.1 Å². The lowest BCUT2D eigenvalue weighted by atomic mass is 9.49. The lowest BCUT2D eigenvalue weighted by Gasteiger charge is -2.56. The molecule has 2 fully saturated rings. The number of carbonyl (C=O) groups excluding carboxylic acids is 6. The van der Waals surface area contributed by atoms with E-state index in [-0.39, 0.29) is 18.6 Å². The van der Waals surface area contributed by atoms with E-state index in [0.717, 1.165) is 0 Å². The van der Waals surface area contributed by atoms with Crippen LogP contribution in [0.1, 0.15) is 35.2 Å². The van der Waals surface area contributed by atoms with Gasteiger partial charge in [0.15, 0.2) is 34.7 Å². The number of hydrogen-bond donors (Lipinski definition) is 3. The second-order valence-electron chi connectivity index (χ2n) is 11.4. The Morgan fingerprint density at radius 1 is 1.00 bits per heavy atom. The molecule has 4 N–H and O–H groups in total. The van der Waals surface area contributed by atoms with Gasteiger partial charge in [-0.2, -0.15) is 0 Å². The number of fused-ring (bicyclic) bond motifs is 3. The van der Waals surface area contributed by atoms with Gasteiger partial charge in [-0.3, -0.25) is 33.7 Å². The maximum Gasteiger partial charge on any atom is 0.305 e. The second kappa shape index (κ2) is 11.0. The molecular weight excluding hydrogens is 560 g/mol. The number of phenolic OH excluding ortho intramolecular Hbond substituents is 1. The Kier molecular flexibility index (Phi) is 7.69. The minimum Gasteiger partial charge on any atom is -0.507 e. The molecule has 1 amide bonds. The van der Waals surface area contributed by atoms with Crippen molar-refractivity contribution in [2.75, 3.05) is 20.7 Å². The van der Waals surface area contributed by atoms with Crippen molar-refractivity contribution in [3.8, 4) is 11.5 Å². The van der Waals surface area contributed by atoms with Crippen LogP contribution in [-0.2, 0) is 28.7 Å². The van der Waals surface area contributed by atoms with Gasteiger partial charge in [-0.15, -0.1) is 0 Å². The van der Waals surface area contributed by atoms with Gasteiger partial charge in [0.1, 0.15) is 17.6 Å². The SMILES string of the molecule is CCC(=O)OC1C2C(C(=O)c3c(O)cccc3C2COc2ccccc2)C(=O)C2(O)C(=O)C(C(N)=O)C(=O)C(N(C)C)C12. The molecule has 2 aromatic rings. The number of nitrogens with two attached hydrogens (primary N) is 1. The number of nitrogens with zero attached hydrogens (tertiary/aromatic N) is 1. The minimum absolute atomic E-state index is 0.137. The highest BCUT2D eigenvalue weighted by Crippen LogP contribution is 2.55. The molecule has 12 heteroatoms. The van der Waals surface area contributed by atoms with Crippen LogP contribution in [-0.4, -0.2) is 88.6 Å². The zero-order chi connectivity index (χ0) is 31.4. The monoisotopic (exact) mass is 592 g/mol. The highest BCUT2D eigenvalue weighted by Gasteiger charge is 2.74. The molecule has 8 atom stereocenters. The summed E-state index contributed by atoms with van der Waals surface area (Å²) in [5.74, 6) is -14.5. The average molecular weight is 593 g/mol. The van der Waals surface area contributed by atoms with Crippen molar-refractivity contribution in [3.63, 3.8) is 0 Å². The largest absolute Gasteiger partial charge is 0.507 e. The van der Waals surface area contributed by atoms with E-state index < -0.39 is 88.1 Å². The normalized spacial score (nSPS) is 31.6. The van der Waals surface area contributed by atoms with Gasteiger partial charge in [-0.25, -0.2) is 0 Å². The van der Waals surface area contributed by atoms with Crippen LogP contribution in [0.15, 0.2) is 48.5 Å². The number of rotatable bonds is 7. The van der Waals surface area contributed by atoms with E-state index in [9.17, 15) is 39.0 Å². The highest BCUT2D eigenvalue weighted by molar-refractivity contribution is 6.32. The third-order valence-corrected chi connectivity index (χ3v) is 8.85. The van der Waals surface area contributed by atoms with Crippen LogP contribution in [0.4, 0.5) is 0 Å². The van der Waals surface area contributed by atoms with Gasteiger partial charge in [-0.05, 0) is 37.9 Å². The molecule has 3 aliphatic rings. The molecule has 2 saturated carbocycles. The van der Waals surface area contributed by atoms with Gasteiger partial charge in [0.2, 0.25) is 5.91 Å². The lowest BCUT2D eigenvalue weighted by Crippen LogP contribution is -2.78. The number of carbonyl (C=O) groups is 6. The number of para-hydroxylation sites is 1. The summed E-state index contributed by atoms with van der Waals surface area (Å²) in [4.78, 5) is 82.4. The van der Waals surface area contributed by atoms with E-state index in [4.69, 9.17) is 15.2 Å². The Morgan fingerprint density at radius 2 is 1.67 bits per heavy atom. The summed E-state index contributed by atoms with van der Waals surface area (Å²) >= 11 is 0. The number of aromatic hydroxyl groups is 1. The minimum atomic E-state index is -3.09. The van der Waals surface area contributed by atoms with Crippen LogP contribution >= 0.6 is 0 Å². The van der Waals surface area contributed by atoms with Gasteiger partial charge in [0, 0.05) is 18.3 Å². The first-order valence-corrected chi connectivity index (χ1v) is 13.9. The van der Waals surface area contributed by atoms with E-state index in [0.29, 0.717) is 11.3 Å².